The van der Waals surface area contributed by atoms with Gasteiger partial charge in [-0.3, -0.25) is 4.90 Å². The van der Waals surface area contributed by atoms with E-state index in [1.54, 1.807) is 0 Å². The Morgan fingerprint density at radius 3 is 2.36 bits per heavy atom. The minimum atomic E-state index is 0. The van der Waals surface area contributed by atoms with Gasteiger partial charge in [-0.25, -0.2) is 0 Å². The van der Waals surface area contributed by atoms with Gasteiger partial charge in [-0.05, 0) is 0 Å². The Hall–Kier alpha value is 0.810. The molecule has 0 bridgehead atoms. The number of halogens is 2. The molecule has 0 aromatic heterocycles. The Kier molecular flexibility index (Phi) is 14.6. The first-order valence-corrected chi connectivity index (χ1v) is 5.67. The largest absolute Gasteiger partial charge is 0.379 e. The lowest BCUT2D eigenvalue weighted by Crippen LogP contribution is -2.37. The maximum atomic E-state index is 5.39. The van der Waals surface area contributed by atoms with E-state index in [4.69, 9.17) is 10.5 Å². The number of nitrogens with zero attached hydrogens (tertiary/aromatic N) is 1. The maximum absolute atomic E-state index is 5.39. The van der Waals surface area contributed by atoms with Crippen LogP contribution in [0, 0.1) is 0 Å². The molecule has 0 unspecified atom stereocenters. The lowest BCUT2D eigenvalue weighted by Gasteiger charge is -2.26. The van der Waals surface area contributed by atoms with Gasteiger partial charge in [0.25, 0.3) is 0 Å². The summed E-state index contributed by atoms with van der Waals surface area (Å²) in [4.78, 5) is 2.45. The van der Waals surface area contributed by atoms with Gasteiger partial charge in [-0.1, -0.05) is 0 Å². The Labute approximate surface area is 103 Å². The molecule has 0 saturated carbocycles. The van der Waals surface area contributed by atoms with Crippen LogP contribution >= 0.6 is 36.6 Å². The molecule has 0 radical (unpaired) electrons. The van der Waals surface area contributed by atoms with E-state index in [1.807, 2.05) is 11.8 Å². The Morgan fingerprint density at radius 1 is 1.14 bits per heavy atom. The van der Waals surface area contributed by atoms with Crippen LogP contribution < -0.4 is 5.73 Å². The molecule has 6 heteroatoms. The molecule has 1 saturated heterocycles. The summed E-state index contributed by atoms with van der Waals surface area (Å²) in [5, 5.41) is 0. The standard InChI is InChI=1S/C8H18N2OS.2ClH/c9-1-7-12-8-4-10-2-5-11-6-3-10;;/h1-9H2;2*1H. The van der Waals surface area contributed by atoms with Crippen LogP contribution in [0.3, 0.4) is 0 Å². The summed E-state index contributed by atoms with van der Waals surface area (Å²) < 4.78 is 5.26. The minimum absolute atomic E-state index is 0. The third kappa shape index (κ3) is 8.15. The Morgan fingerprint density at radius 2 is 1.79 bits per heavy atom. The van der Waals surface area contributed by atoms with Crippen LogP contribution in [0.5, 0.6) is 0 Å². The number of nitrogens with two attached hydrogens (primary N) is 1. The highest BCUT2D eigenvalue weighted by molar-refractivity contribution is 7.99. The first-order chi connectivity index (χ1) is 5.93. The smallest absolute Gasteiger partial charge is 0.0594 e. The molecule has 0 aromatic carbocycles. The molecule has 0 aliphatic carbocycles. The second-order valence-corrected chi connectivity index (χ2v) is 4.08. The summed E-state index contributed by atoms with van der Waals surface area (Å²) in [6.07, 6.45) is 0. The van der Waals surface area contributed by atoms with Gasteiger partial charge in [0.15, 0.2) is 0 Å². The second kappa shape index (κ2) is 11.9. The molecular formula is C8H20Cl2N2OS. The number of thioether (sulfide) groups is 1. The summed E-state index contributed by atoms with van der Waals surface area (Å²) in [5.74, 6) is 2.29. The van der Waals surface area contributed by atoms with Gasteiger partial charge >= 0.3 is 0 Å². The van der Waals surface area contributed by atoms with Crippen LogP contribution in [0.1, 0.15) is 0 Å². The lowest BCUT2D eigenvalue weighted by molar-refractivity contribution is 0.0410. The van der Waals surface area contributed by atoms with Crippen LogP contribution in [0.15, 0.2) is 0 Å². The number of rotatable bonds is 5. The van der Waals surface area contributed by atoms with E-state index in [0.717, 1.165) is 38.6 Å². The lowest BCUT2D eigenvalue weighted by atomic mass is 10.4. The Balaban J connectivity index is 0. The summed E-state index contributed by atoms with van der Waals surface area (Å²) in [5.41, 5.74) is 5.39. The van der Waals surface area contributed by atoms with Crippen LogP contribution in [0.25, 0.3) is 0 Å². The number of morpholine rings is 1. The average Bonchev–Trinajstić information content (AvgIpc) is 2.14. The van der Waals surface area contributed by atoms with E-state index < -0.39 is 0 Å². The summed E-state index contributed by atoms with van der Waals surface area (Å²) in [6, 6.07) is 0. The SMILES string of the molecule is Cl.Cl.NCCSCCN1CCOCC1. The van der Waals surface area contributed by atoms with Crippen LogP contribution in [-0.4, -0.2) is 55.8 Å². The third-order valence-corrected chi connectivity index (χ3v) is 2.91. The van der Waals surface area contributed by atoms with Gasteiger partial charge in [0.1, 0.15) is 0 Å². The zero-order valence-corrected chi connectivity index (χ0v) is 10.8. The molecule has 3 nitrogen and oxygen atoms in total. The molecular weight excluding hydrogens is 243 g/mol. The van der Waals surface area contributed by atoms with E-state index in [9.17, 15) is 0 Å². The maximum Gasteiger partial charge on any atom is 0.0594 e. The molecule has 0 amide bonds. The Bertz CT molecular complexity index is 116. The quantitative estimate of drug-likeness (QED) is 0.746. The van der Waals surface area contributed by atoms with Gasteiger partial charge < -0.3 is 10.5 Å². The molecule has 0 atom stereocenters. The fraction of sp³-hybridized carbons (Fsp3) is 1.00. The zero-order valence-electron chi connectivity index (χ0n) is 8.31. The van der Waals surface area contributed by atoms with E-state index in [2.05, 4.69) is 4.90 Å². The topological polar surface area (TPSA) is 38.5 Å². The highest BCUT2D eigenvalue weighted by Crippen LogP contribution is 2.01. The fourth-order valence-corrected chi connectivity index (χ4v) is 1.96. The van der Waals surface area contributed by atoms with Gasteiger partial charge in [-0.2, -0.15) is 11.8 Å². The molecule has 1 heterocycles. The van der Waals surface area contributed by atoms with Crippen molar-refractivity contribution in [3.63, 3.8) is 0 Å². The molecule has 88 valence electrons. The first-order valence-electron chi connectivity index (χ1n) is 4.51. The van der Waals surface area contributed by atoms with Crippen LogP contribution in [-0.2, 0) is 4.74 Å². The van der Waals surface area contributed by atoms with E-state index in [0.29, 0.717) is 0 Å². The highest BCUT2D eigenvalue weighted by atomic mass is 35.5. The monoisotopic (exact) mass is 262 g/mol. The molecule has 1 rings (SSSR count). The molecule has 0 spiro atoms. The van der Waals surface area contributed by atoms with E-state index in [1.165, 1.54) is 12.3 Å². The molecule has 1 aliphatic rings. The predicted octanol–water partition coefficient (Wildman–Crippen LogP) is 0.854. The normalized spacial score (nSPS) is 16.9. The van der Waals surface area contributed by atoms with Gasteiger partial charge in [0.2, 0.25) is 0 Å². The number of ether oxygens (including phenoxy) is 1. The first kappa shape index (κ1) is 17.2. The van der Waals surface area contributed by atoms with Crippen molar-refractivity contribution in [2.75, 3.05) is 50.9 Å². The molecule has 14 heavy (non-hydrogen) atoms. The van der Waals surface area contributed by atoms with Crippen LogP contribution in [0.4, 0.5) is 0 Å². The third-order valence-electron chi connectivity index (χ3n) is 1.92. The molecule has 0 aromatic rings. The van der Waals surface area contributed by atoms with Gasteiger partial charge in [0, 0.05) is 37.7 Å². The molecule has 1 aliphatic heterocycles. The minimum Gasteiger partial charge on any atom is -0.379 e. The predicted molar refractivity (Wildman–Crippen MR) is 68.1 cm³/mol. The summed E-state index contributed by atoms with van der Waals surface area (Å²) in [6.45, 7) is 6.00. The second-order valence-electron chi connectivity index (χ2n) is 2.86. The number of hydrogen-bond donors (Lipinski definition) is 1. The van der Waals surface area contributed by atoms with Crippen molar-refractivity contribution in [3.05, 3.63) is 0 Å². The summed E-state index contributed by atoms with van der Waals surface area (Å²) in [7, 11) is 0. The van der Waals surface area contributed by atoms with Crippen molar-refractivity contribution in [3.8, 4) is 0 Å². The highest BCUT2D eigenvalue weighted by Gasteiger charge is 2.08. The van der Waals surface area contributed by atoms with Crippen molar-refractivity contribution < 1.29 is 4.74 Å². The van der Waals surface area contributed by atoms with Crippen molar-refractivity contribution in [2.24, 2.45) is 5.73 Å². The molecule has 2 N–H and O–H groups in total. The van der Waals surface area contributed by atoms with Crippen molar-refractivity contribution in [1.82, 2.24) is 4.90 Å². The average molecular weight is 263 g/mol. The molecule has 1 fully saturated rings. The van der Waals surface area contributed by atoms with E-state index in [-0.39, 0.29) is 24.8 Å². The van der Waals surface area contributed by atoms with Crippen molar-refractivity contribution in [1.29, 1.82) is 0 Å². The van der Waals surface area contributed by atoms with E-state index >= 15 is 0 Å². The fourth-order valence-electron chi connectivity index (χ4n) is 1.20. The van der Waals surface area contributed by atoms with Gasteiger partial charge in [-0.15, -0.1) is 24.8 Å². The van der Waals surface area contributed by atoms with Crippen LogP contribution in [0.2, 0.25) is 0 Å². The zero-order chi connectivity index (χ0) is 8.65. The summed E-state index contributed by atoms with van der Waals surface area (Å²) >= 11 is 1.94. The van der Waals surface area contributed by atoms with Gasteiger partial charge in [0.05, 0.1) is 13.2 Å². The van der Waals surface area contributed by atoms with Crippen molar-refractivity contribution >= 4 is 36.6 Å². The van der Waals surface area contributed by atoms with Crippen molar-refractivity contribution in [2.45, 2.75) is 0 Å². The number of hydrogen-bond acceptors (Lipinski definition) is 4.